The van der Waals surface area contributed by atoms with Gasteiger partial charge < -0.3 is 37.2 Å². The number of hydrogen-bond acceptors (Lipinski definition) is 0. The number of rotatable bonds is 5. The van der Waals surface area contributed by atoms with Crippen molar-refractivity contribution in [2.24, 2.45) is 0 Å². The molecule has 0 aliphatic rings. The Bertz CT molecular complexity index is 714. The van der Waals surface area contributed by atoms with E-state index in [1.54, 1.807) is 0 Å². The van der Waals surface area contributed by atoms with Crippen molar-refractivity contribution in [3.05, 3.63) is 101 Å². The number of hydrogen-bond donors (Lipinski definition) is 0. The molecule has 0 heterocycles. The van der Waals surface area contributed by atoms with Crippen LogP contribution in [-0.4, -0.2) is 0 Å². The summed E-state index contributed by atoms with van der Waals surface area (Å²) in [6, 6.07) is 28.6. The summed E-state index contributed by atoms with van der Waals surface area (Å²) in [7, 11) is 0. The van der Waals surface area contributed by atoms with Crippen LogP contribution in [0, 0.1) is 0 Å². The van der Waals surface area contributed by atoms with E-state index in [4.69, 9.17) is 0 Å². The van der Waals surface area contributed by atoms with Crippen LogP contribution in [0.5, 0.6) is 0 Å². The van der Waals surface area contributed by atoms with E-state index in [0.717, 1.165) is 6.42 Å². The van der Waals surface area contributed by atoms with Crippen LogP contribution in [0.3, 0.4) is 0 Å². The summed E-state index contributed by atoms with van der Waals surface area (Å²) in [4.78, 5) is 0. The first kappa shape index (κ1) is 28.6. The van der Waals surface area contributed by atoms with Gasteiger partial charge in [0.05, 0.1) is 0 Å². The van der Waals surface area contributed by atoms with Crippen molar-refractivity contribution in [2.45, 2.75) is 38.5 Å². The van der Waals surface area contributed by atoms with E-state index in [1.807, 2.05) is 0 Å². The fraction of sp³-hybridized carbons (Fsp3) is 0.261. The normalized spacial score (nSPS) is 11.1. The van der Waals surface area contributed by atoms with Gasteiger partial charge in [-0.05, 0) is 22.5 Å². The molecule has 3 aromatic carbocycles. The SMILES string of the molecule is CCC(C)c1ccc[c-]1C(C)(c1ccccc1)c1ccccc1.[Cl-].[Cl-].[Cl-].[Ti+4]. The van der Waals surface area contributed by atoms with Crippen LogP contribution in [0.25, 0.3) is 0 Å². The van der Waals surface area contributed by atoms with Gasteiger partial charge in [0.15, 0.2) is 0 Å². The van der Waals surface area contributed by atoms with Gasteiger partial charge in [-0.25, -0.2) is 12.1 Å². The third-order valence-corrected chi connectivity index (χ3v) is 5.23. The average molecular weight is 456 g/mol. The quantitative estimate of drug-likeness (QED) is 0.290. The minimum Gasteiger partial charge on any atom is -1.00 e. The summed E-state index contributed by atoms with van der Waals surface area (Å²) in [5, 5.41) is 0. The Morgan fingerprint density at radius 1 is 0.778 bits per heavy atom. The largest absolute Gasteiger partial charge is 4.00 e. The Morgan fingerprint density at radius 2 is 1.22 bits per heavy atom. The third kappa shape index (κ3) is 5.69. The smallest absolute Gasteiger partial charge is 1.00 e. The van der Waals surface area contributed by atoms with Crippen LogP contribution in [0.2, 0.25) is 0 Å². The van der Waals surface area contributed by atoms with E-state index in [1.165, 1.54) is 22.3 Å². The summed E-state index contributed by atoms with van der Waals surface area (Å²) in [6.07, 6.45) is 1.16. The molecule has 142 valence electrons. The summed E-state index contributed by atoms with van der Waals surface area (Å²) in [5.41, 5.74) is 5.49. The molecule has 3 aromatic rings. The van der Waals surface area contributed by atoms with Crippen molar-refractivity contribution in [1.82, 2.24) is 0 Å². The van der Waals surface area contributed by atoms with Crippen molar-refractivity contribution < 1.29 is 58.9 Å². The molecule has 1 atom stereocenters. The monoisotopic (exact) mass is 454 g/mol. The second kappa shape index (κ2) is 12.8. The fourth-order valence-corrected chi connectivity index (χ4v) is 3.56. The van der Waals surface area contributed by atoms with Crippen molar-refractivity contribution in [3.8, 4) is 0 Å². The van der Waals surface area contributed by atoms with Gasteiger partial charge in [-0.3, -0.25) is 0 Å². The fourth-order valence-electron chi connectivity index (χ4n) is 3.56. The first-order chi connectivity index (χ1) is 11.2. The topological polar surface area (TPSA) is 0 Å². The van der Waals surface area contributed by atoms with E-state index < -0.39 is 0 Å². The molecule has 0 aliphatic heterocycles. The zero-order valence-electron chi connectivity index (χ0n) is 15.9. The standard InChI is InChI=1S/C23H25.3ClH.Ti/c1-4-18(2)21-16-11-17-22(21)23(3,19-12-7-5-8-13-19)20-14-9-6-10-15-20;;;;/h5-18H,4H2,1-3H3;3*1H;/q-1;;;;+4/p-3. The van der Waals surface area contributed by atoms with Gasteiger partial charge in [0.1, 0.15) is 0 Å². The van der Waals surface area contributed by atoms with Crippen LogP contribution in [0.1, 0.15) is 55.4 Å². The second-order valence-corrected chi connectivity index (χ2v) is 6.56. The van der Waals surface area contributed by atoms with E-state index >= 15 is 0 Å². The predicted octanol–water partition coefficient (Wildman–Crippen LogP) is -2.72. The van der Waals surface area contributed by atoms with Gasteiger partial charge >= 0.3 is 21.7 Å². The molecule has 27 heavy (non-hydrogen) atoms. The zero-order chi connectivity index (χ0) is 16.3. The molecule has 3 rings (SSSR count). The summed E-state index contributed by atoms with van der Waals surface area (Å²) >= 11 is 0. The van der Waals surface area contributed by atoms with Gasteiger partial charge in [0, 0.05) is 0 Å². The molecular formula is C23H25Cl3Ti. The molecular weight excluding hydrogens is 430 g/mol. The Kier molecular flexibility index (Phi) is 13.5. The predicted molar refractivity (Wildman–Crippen MR) is 99.2 cm³/mol. The van der Waals surface area contributed by atoms with Gasteiger partial charge in [0.2, 0.25) is 0 Å². The molecule has 0 saturated heterocycles. The third-order valence-electron chi connectivity index (χ3n) is 5.23. The Labute approximate surface area is 197 Å². The Morgan fingerprint density at radius 3 is 1.63 bits per heavy atom. The first-order valence-electron chi connectivity index (χ1n) is 8.55. The average Bonchev–Trinajstić information content (AvgIpc) is 3.12. The molecule has 0 aliphatic carbocycles. The number of halogens is 3. The molecule has 0 radical (unpaired) electrons. The maximum Gasteiger partial charge on any atom is 4.00 e. The molecule has 0 amide bonds. The maximum atomic E-state index is 2.36. The Balaban J connectivity index is 0. The van der Waals surface area contributed by atoms with Crippen LogP contribution in [0.4, 0.5) is 0 Å². The molecule has 0 aromatic heterocycles. The van der Waals surface area contributed by atoms with Gasteiger partial charge in [-0.1, -0.05) is 87.9 Å². The van der Waals surface area contributed by atoms with Gasteiger partial charge in [-0.2, -0.15) is 11.6 Å². The molecule has 0 spiro atoms. The minimum atomic E-state index is -0.120. The molecule has 0 N–H and O–H groups in total. The molecule has 0 fully saturated rings. The van der Waals surface area contributed by atoms with Gasteiger partial charge in [-0.15, -0.1) is 5.56 Å². The second-order valence-electron chi connectivity index (χ2n) is 6.56. The molecule has 4 heteroatoms. The minimum absolute atomic E-state index is 0. The molecule has 0 saturated carbocycles. The van der Waals surface area contributed by atoms with Crippen molar-refractivity contribution in [1.29, 1.82) is 0 Å². The van der Waals surface area contributed by atoms with Crippen molar-refractivity contribution >= 4 is 0 Å². The van der Waals surface area contributed by atoms with Crippen molar-refractivity contribution in [3.63, 3.8) is 0 Å². The van der Waals surface area contributed by atoms with Crippen LogP contribution in [-0.2, 0) is 27.1 Å². The molecule has 1 unspecified atom stereocenters. The van der Waals surface area contributed by atoms with Crippen molar-refractivity contribution in [2.75, 3.05) is 0 Å². The van der Waals surface area contributed by atoms with E-state index in [-0.39, 0.29) is 64.4 Å². The summed E-state index contributed by atoms with van der Waals surface area (Å²) in [6.45, 7) is 6.96. The Hall–Kier alpha value is -0.626. The van der Waals surface area contributed by atoms with E-state index in [9.17, 15) is 0 Å². The number of benzene rings is 2. The molecule has 0 bridgehead atoms. The molecule has 0 nitrogen and oxygen atoms in total. The van der Waals surface area contributed by atoms with Crippen LogP contribution >= 0.6 is 0 Å². The van der Waals surface area contributed by atoms with E-state index in [2.05, 4.69) is 99.6 Å². The summed E-state index contributed by atoms with van der Waals surface area (Å²) in [5.74, 6) is 0.576. The van der Waals surface area contributed by atoms with E-state index in [0.29, 0.717) is 5.92 Å². The van der Waals surface area contributed by atoms with Crippen LogP contribution in [0.15, 0.2) is 78.9 Å². The first-order valence-corrected chi connectivity index (χ1v) is 8.55. The van der Waals surface area contributed by atoms with Gasteiger partial charge in [0.25, 0.3) is 0 Å². The summed E-state index contributed by atoms with van der Waals surface area (Å²) < 4.78 is 0. The maximum absolute atomic E-state index is 2.36. The zero-order valence-corrected chi connectivity index (χ0v) is 19.8. The van der Waals surface area contributed by atoms with Crippen LogP contribution < -0.4 is 37.2 Å².